The van der Waals surface area contributed by atoms with Crippen LogP contribution >= 0.6 is 0 Å². The molecule has 0 bridgehead atoms. The number of rotatable bonds is 5. The van der Waals surface area contributed by atoms with Crippen molar-refractivity contribution in [3.8, 4) is 5.69 Å². The fraction of sp³-hybridized carbons (Fsp3) is 0.136. The first kappa shape index (κ1) is 20.0. The lowest BCUT2D eigenvalue weighted by Crippen LogP contribution is -2.29. The summed E-state index contributed by atoms with van der Waals surface area (Å²) in [6, 6.07) is 15.0. The number of anilines is 2. The lowest BCUT2D eigenvalue weighted by atomic mass is 10.3. The third-order valence-electron chi connectivity index (χ3n) is 4.71. The molecule has 0 unspecified atom stereocenters. The maximum atomic E-state index is 12.5. The topological polar surface area (TPSA) is 107 Å². The number of aryl methyl sites for hydroxylation is 1. The van der Waals surface area contributed by atoms with Gasteiger partial charge in [0.15, 0.2) is 5.82 Å². The Labute approximate surface area is 178 Å². The Kier molecular flexibility index (Phi) is 5.57. The molecule has 2 N–H and O–H groups in total. The molecule has 0 fully saturated rings. The Morgan fingerprint density at radius 1 is 0.903 bits per heavy atom. The zero-order valence-corrected chi connectivity index (χ0v) is 17.1. The fourth-order valence-electron chi connectivity index (χ4n) is 3.18. The molecule has 0 aliphatic heterocycles. The standard InChI is InChI=1S/C22H21N7O2/c1-15-20(16(2)29(26-15)18-6-4-3-5-7-18)25-22(31)21(30)24-19-10-13-28(27-19)14-17-8-11-23-12-9-17/h3-13H,14H2,1-2H3,(H,25,31)(H,24,27,30). The normalized spacial score (nSPS) is 10.6. The van der Waals surface area contributed by atoms with E-state index in [-0.39, 0.29) is 0 Å². The largest absolute Gasteiger partial charge is 0.315 e. The van der Waals surface area contributed by atoms with E-state index in [2.05, 4.69) is 25.8 Å². The molecule has 156 valence electrons. The van der Waals surface area contributed by atoms with E-state index in [4.69, 9.17) is 0 Å². The highest BCUT2D eigenvalue weighted by Crippen LogP contribution is 2.22. The van der Waals surface area contributed by atoms with Crippen LogP contribution in [0.2, 0.25) is 0 Å². The molecule has 9 heteroatoms. The molecule has 0 aliphatic carbocycles. The summed E-state index contributed by atoms with van der Waals surface area (Å²) in [6.45, 7) is 4.14. The summed E-state index contributed by atoms with van der Waals surface area (Å²) in [6.07, 6.45) is 5.14. The van der Waals surface area contributed by atoms with E-state index in [1.807, 2.05) is 49.4 Å². The van der Waals surface area contributed by atoms with E-state index < -0.39 is 11.8 Å². The lowest BCUT2D eigenvalue weighted by Gasteiger charge is -2.07. The Balaban J connectivity index is 1.42. The van der Waals surface area contributed by atoms with Crippen molar-refractivity contribution in [1.29, 1.82) is 0 Å². The molecule has 4 aromatic rings. The van der Waals surface area contributed by atoms with Gasteiger partial charge in [-0.05, 0) is 43.7 Å². The first-order chi connectivity index (χ1) is 15.0. The van der Waals surface area contributed by atoms with Gasteiger partial charge >= 0.3 is 11.8 Å². The predicted molar refractivity (Wildman–Crippen MR) is 116 cm³/mol. The van der Waals surface area contributed by atoms with Gasteiger partial charge in [-0.15, -0.1) is 0 Å². The molecule has 4 rings (SSSR count). The van der Waals surface area contributed by atoms with Gasteiger partial charge in [-0.2, -0.15) is 10.2 Å². The maximum Gasteiger partial charge on any atom is 0.315 e. The SMILES string of the molecule is Cc1nn(-c2ccccc2)c(C)c1NC(=O)C(=O)Nc1ccn(Cc2ccncc2)n1. The zero-order valence-electron chi connectivity index (χ0n) is 17.1. The van der Waals surface area contributed by atoms with E-state index in [0.29, 0.717) is 23.7 Å². The molecule has 0 atom stereocenters. The van der Waals surface area contributed by atoms with Crippen LogP contribution in [0.15, 0.2) is 67.1 Å². The summed E-state index contributed by atoms with van der Waals surface area (Å²) < 4.78 is 3.39. The van der Waals surface area contributed by atoms with Crippen molar-refractivity contribution in [3.63, 3.8) is 0 Å². The van der Waals surface area contributed by atoms with Crippen molar-refractivity contribution in [1.82, 2.24) is 24.5 Å². The van der Waals surface area contributed by atoms with E-state index in [1.54, 1.807) is 40.9 Å². The van der Waals surface area contributed by atoms with Gasteiger partial charge in [-0.25, -0.2) is 4.68 Å². The molecule has 2 amide bonds. The number of para-hydroxylation sites is 1. The highest BCUT2D eigenvalue weighted by molar-refractivity contribution is 6.43. The molecule has 1 aromatic carbocycles. The van der Waals surface area contributed by atoms with E-state index in [1.165, 1.54) is 0 Å². The first-order valence-electron chi connectivity index (χ1n) is 9.67. The molecule has 0 radical (unpaired) electrons. The molecule has 3 heterocycles. The van der Waals surface area contributed by atoms with E-state index >= 15 is 0 Å². The van der Waals surface area contributed by atoms with Crippen molar-refractivity contribution in [3.05, 3.63) is 84.1 Å². The Hall–Kier alpha value is -4.27. The van der Waals surface area contributed by atoms with Crippen LogP contribution in [-0.2, 0) is 16.1 Å². The van der Waals surface area contributed by atoms with Gasteiger partial charge in [0.1, 0.15) is 0 Å². The third kappa shape index (κ3) is 4.50. The number of hydrogen-bond acceptors (Lipinski definition) is 5. The molecular weight excluding hydrogens is 394 g/mol. The Morgan fingerprint density at radius 3 is 2.35 bits per heavy atom. The van der Waals surface area contributed by atoms with Gasteiger partial charge in [0.2, 0.25) is 0 Å². The van der Waals surface area contributed by atoms with Crippen LogP contribution in [0.5, 0.6) is 0 Å². The van der Waals surface area contributed by atoms with Gasteiger partial charge < -0.3 is 10.6 Å². The number of amides is 2. The lowest BCUT2D eigenvalue weighted by molar-refractivity contribution is -0.133. The number of aromatic nitrogens is 5. The van der Waals surface area contributed by atoms with Gasteiger partial charge in [-0.1, -0.05) is 18.2 Å². The summed E-state index contributed by atoms with van der Waals surface area (Å²) in [5, 5.41) is 13.9. The van der Waals surface area contributed by atoms with Crippen LogP contribution in [0.1, 0.15) is 17.0 Å². The molecule has 31 heavy (non-hydrogen) atoms. The van der Waals surface area contributed by atoms with Gasteiger partial charge in [0.25, 0.3) is 0 Å². The summed E-state index contributed by atoms with van der Waals surface area (Å²) in [4.78, 5) is 28.8. The molecule has 3 aromatic heterocycles. The third-order valence-corrected chi connectivity index (χ3v) is 4.71. The summed E-state index contributed by atoms with van der Waals surface area (Å²) in [5.41, 5.74) is 3.74. The van der Waals surface area contributed by atoms with Crippen LogP contribution in [0, 0.1) is 13.8 Å². The molecular formula is C22H21N7O2. The Bertz CT molecular complexity index is 1210. The van der Waals surface area contributed by atoms with Crippen LogP contribution < -0.4 is 10.6 Å². The molecule has 0 saturated heterocycles. The number of carbonyl (C=O) groups excluding carboxylic acids is 2. The quantitative estimate of drug-likeness (QED) is 0.488. The van der Waals surface area contributed by atoms with Crippen molar-refractivity contribution in [2.75, 3.05) is 10.6 Å². The minimum Gasteiger partial charge on any atom is -0.315 e. The summed E-state index contributed by atoms with van der Waals surface area (Å²) in [7, 11) is 0. The molecule has 9 nitrogen and oxygen atoms in total. The summed E-state index contributed by atoms with van der Waals surface area (Å²) >= 11 is 0. The van der Waals surface area contributed by atoms with E-state index in [0.717, 1.165) is 16.9 Å². The van der Waals surface area contributed by atoms with Crippen molar-refractivity contribution in [2.45, 2.75) is 20.4 Å². The second kappa shape index (κ2) is 8.62. The second-order valence-corrected chi connectivity index (χ2v) is 6.96. The highest BCUT2D eigenvalue weighted by atomic mass is 16.2. The number of pyridine rings is 1. The van der Waals surface area contributed by atoms with Crippen molar-refractivity contribution >= 4 is 23.3 Å². The molecule has 0 spiro atoms. The molecule has 0 saturated carbocycles. The van der Waals surface area contributed by atoms with Crippen LogP contribution in [0.25, 0.3) is 5.69 Å². The number of hydrogen-bond donors (Lipinski definition) is 2. The van der Waals surface area contributed by atoms with Gasteiger partial charge in [0, 0.05) is 24.7 Å². The monoisotopic (exact) mass is 415 g/mol. The molecule has 0 aliphatic rings. The average Bonchev–Trinajstić information content (AvgIpc) is 3.33. The minimum absolute atomic E-state index is 0.294. The van der Waals surface area contributed by atoms with Crippen molar-refractivity contribution < 1.29 is 9.59 Å². The first-order valence-corrected chi connectivity index (χ1v) is 9.67. The van der Waals surface area contributed by atoms with E-state index in [9.17, 15) is 9.59 Å². The van der Waals surface area contributed by atoms with Crippen LogP contribution in [0.3, 0.4) is 0 Å². The van der Waals surface area contributed by atoms with Crippen molar-refractivity contribution in [2.24, 2.45) is 0 Å². The second-order valence-electron chi connectivity index (χ2n) is 6.96. The van der Waals surface area contributed by atoms with Gasteiger partial charge in [0.05, 0.1) is 29.3 Å². The number of nitrogens with zero attached hydrogens (tertiary/aromatic N) is 5. The van der Waals surface area contributed by atoms with Crippen LogP contribution in [-0.4, -0.2) is 36.4 Å². The Morgan fingerprint density at radius 2 is 1.61 bits per heavy atom. The minimum atomic E-state index is -0.805. The summed E-state index contributed by atoms with van der Waals surface area (Å²) in [5.74, 6) is -1.30. The number of nitrogens with one attached hydrogen (secondary N) is 2. The van der Waals surface area contributed by atoms with Crippen LogP contribution in [0.4, 0.5) is 11.5 Å². The smallest absolute Gasteiger partial charge is 0.315 e. The maximum absolute atomic E-state index is 12.5. The highest BCUT2D eigenvalue weighted by Gasteiger charge is 2.20. The predicted octanol–water partition coefficient (Wildman–Crippen LogP) is 2.71. The fourth-order valence-corrected chi connectivity index (χ4v) is 3.18. The van der Waals surface area contributed by atoms with Gasteiger partial charge in [-0.3, -0.25) is 19.3 Å². The number of benzene rings is 1. The zero-order chi connectivity index (χ0) is 21.8. The average molecular weight is 415 g/mol. The number of carbonyl (C=O) groups is 2.